The highest BCUT2D eigenvalue weighted by Gasteiger charge is 2.19. The zero-order valence-corrected chi connectivity index (χ0v) is 11.9. The molecule has 0 unspecified atom stereocenters. The van der Waals surface area contributed by atoms with Gasteiger partial charge in [-0.05, 0) is 36.5 Å². The molecule has 0 atom stereocenters. The summed E-state index contributed by atoms with van der Waals surface area (Å²) in [5, 5.41) is 0. The highest BCUT2D eigenvalue weighted by molar-refractivity contribution is 9.10. The molecule has 0 N–H and O–H groups in total. The van der Waals surface area contributed by atoms with Crippen molar-refractivity contribution in [3.05, 3.63) is 28.2 Å². The van der Waals surface area contributed by atoms with Crippen LogP contribution in [0, 0.1) is 5.92 Å². The lowest BCUT2D eigenvalue weighted by Crippen LogP contribution is -2.29. The van der Waals surface area contributed by atoms with E-state index in [9.17, 15) is 0 Å². The molecule has 0 amide bonds. The Labute approximate surface area is 111 Å². The maximum atomic E-state index is 5.84. The van der Waals surface area contributed by atoms with Gasteiger partial charge in [-0.25, -0.2) is 0 Å². The predicted molar refractivity (Wildman–Crippen MR) is 74.3 cm³/mol. The van der Waals surface area contributed by atoms with Gasteiger partial charge in [0.05, 0.1) is 0 Å². The van der Waals surface area contributed by atoms with Crippen molar-refractivity contribution in [3.8, 4) is 0 Å². The van der Waals surface area contributed by atoms with Crippen molar-refractivity contribution in [1.82, 2.24) is 0 Å². The molecule has 1 aliphatic rings. The van der Waals surface area contributed by atoms with Crippen LogP contribution in [-0.2, 0) is 5.88 Å². The van der Waals surface area contributed by atoms with Gasteiger partial charge in [0.1, 0.15) is 0 Å². The average molecular weight is 303 g/mol. The smallest absolute Gasteiger partial charge is 0.0485 e. The third kappa shape index (κ3) is 2.72. The largest absolute Gasteiger partial charge is 0.374 e. The van der Waals surface area contributed by atoms with Gasteiger partial charge in [0.2, 0.25) is 0 Å². The fourth-order valence-electron chi connectivity index (χ4n) is 2.05. The highest BCUT2D eigenvalue weighted by atomic mass is 79.9. The van der Waals surface area contributed by atoms with E-state index < -0.39 is 0 Å². The molecule has 2 rings (SSSR count). The number of alkyl halides is 1. The summed E-state index contributed by atoms with van der Waals surface area (Å²) in [6.07, 6.45) is 4.20. The summed E-state index contributed by atoms with van der Waals surface area (Å²) in [5.41, 5.74) is 2.43. The Morgan fingerprint density at radius 3 is 2.69 bits per heavy atom. The highest BCUT2D eigenvalue weighted by Crippen LogP contribution is 2.30. The van der Waals surface area contributed by atoms with E-state index in [1.54, 1.807) is 0 Å². The van der Waals surface area contributed by atoms with Crippen molar-refractivity contribution in [1.29, 1.82) is 0 Å². The maximum Gasteiger partial charge on any atom is 0.0485 e. The van der Waals surface area contributed by atoms with Gasteiger partial charge in [0.15, 0.2) is 0 Å². The lowest BCUT2D eigenvalue weighted by molar-refractivity contribution is 0.321. The maximum absolute atomic E-state index is 5.84. The van der Waals surface area contributed by atoms with Gasteiger partial charge in [-0.2, -0.15) is 0 Å². The van der Waals surface area contributed by atoms with Crippen molar-refractivity contribution in [2.75, 3.05) is 18.5 Å². The standard InChI is InChI=1S/C13H17BrClN/c1-16(9-10-3-2-4-10)12-6-5-11(8-15)13(14)7-12/h5-7,10H,2-4,8-9H2,1H3. The molecule has 88 valence electrons. The summed E-state index contributed by atoms with van der Waals surface area (Å²) in [6.45, 7) is 1.17. The van der Waals surface area contributed by atoms with Crippen LogP contribution in [0.4, 0.5) is 5.69 Å². The van der Waals surface area contributed by atoms with E-state index in [0.717, 1.165) is 16.0 Å². The Kier molecular flexibility index (Phi) is 4.15. The van der Waals surface area contributed by atoms with Crippen molar-refractivity contribution in [2.45, 2.75) is 25.1 Å². The number of rotatable bonds is 4. The summed E-state index contributed by atoms with van der Waals surface area (Å²) >= 11 is 9.40. The zero-order chi connectivity index (χ0) is 11.5. The number of benzene rings is 1. The van der Waals surface area contributed by atoms with Crippen LogP contribution in [0.5, 0.6) is 0 Å². The molecule has 0 heterocycles. The van der Waals surface area contributed by atoms with Crippen molar-refractivity contribution in [2.24, 2.45) is 5.92 Å². The first kappa shape index (κ1) is 12.3. The van der Waals surface area contributed by atoms with Gasteiger partial charge in [-0.15, -0.1) is 11.6 Å². The molecule has 0 saturated heterocycles. The summed E-state index contributed by atoms with van der Waals surface area (Å²) < 4.78 is 1.11. The van der Waals surface area contributed by atoms with Crippen LogP contribution >= 0.6 is 27.5 Å². The second-order valence-corrected chi connectivity index (χ2v) is 5.71. The molecule has 3 heteroatoms. The molecule has 1 aliphatic carbocycles. The molecule has 1 nitrogen and oxygen atoms in total. The normalized spacial score (nSPS) is 15.9. The topological polar surface area (TPSA) is 3.24 Å². The van der Waals surface area contributed by atoms with E-state index in [1.807, 2.05) is 0 Å². The average Bonchev–Trinajstić information content (AvgIpc) is 2.23. The number of halogens is 2. The third-order valence-electron chi connectivity index (χ3n) is 3.38. The van der Waals surface area contributed by atoms with Crippen LogP contribution in [0.15, 0.2) is 22.7 Å². The van der Waals surface area contributed by atoms with Crippen LogP contribution in [-0.4, -0.2) is 13.6 Å². The first-order valence-corrected chi connectivity index (χ1v) is 7.09. The fraction of sp³-hybridized carbons (Fsp3) is 0.538. The molecule has 0 aliphatic heterocycles. The van der Waals surface area contributed by atoms with E-state index in [0.29, 0.717) is 5.88 Å². The summed E-state index contributed by atoms with van der Waals surface area (Å²) in [6, 6.07) is 6.42. The van der Waals surface area contributed by atoms with Crippen LogP contribution in [0.1, 0.15) is 24.8 Å². The van der Waals surface area contributed by atoms with Gasteiger partial charge >= 0.3 is 0 Å². The second kappa shape index (κ2) is 5.42. The minimum absolute atomic E-state index is 0.563. The zero-order valence-electron chi connectivity index (χ0n) is 9.55. The molecule has 1 aromatic rings. The van der Waals surface area contributed by atoms with Crippen molar-refractivity contribution in [3.63, 3.8) is 0 Å². The molecule has 0 spiro atoms. The monoisotopic (exact) mass is 301 g/mol. The van der Waals surface area contributed by atoms with Crippen LogP contribution < -0.4 is 4.90 Å². The van der Waals surface area contributed by atoms with Crippen LogP contribution in [0.25, 0.3) is 0 Å². The summed E-state index contributed by atoms with van der Waals surface area (Å²) in [4.78, 5) is 2.34. The van der Waals surface area contributed by atoms with Crippen molar-refractivity contribution < 1.29 is 0 Å². The quantitative estimate of drug-likeness (QED) is 0.744. The molecule has 16 heavy (non-hydrogen) atoms. The molecule has 0 bridgehead atoms. The molecule has 1 fully saturated rings. The summed E-state index contributed by atoms with van der Waals surface area (Å²) in [7, 11) is 2.17. The molecular weight excluding hydrogens is 286 g/mol. The van der Waals surface area contributed by atoms with E-state index in [2.05, 4.69) is 46.1 Å². The minimum atomic E-state index is 0.563. The fourth-order valence-corrected chi connectivity index (χ4v) is 2.95. The minimum Gasteiger partial charge on any atom is -0.374 e. The molecule has 1 aromatic carbocycles. The first-order valence-electron chi connectivity index (χ1n) is 5.76. The third-order valence-corrected chi connectivity index (χ3v) is 4.40. The van der Waals surface area contributed by atoms with E-state index in [1.165, 1.54) is 31.5 Å². The molecular formula is C13H17BrClN. The van der Waals surface area contributed by atoms with Gasteiger partial charge in [-0.1, -0.05) is 28.4 Å². The van der Waals surface area contributed by atoms with Gasteiger partial charge in [0.25, 0.3) is 0 Å². The summed E-state index contributed by atoms with van der Waals surface area (Å²) in [5.74, 6) is 1.46. The van der Waals surface area contributed by atoms with Gasteiger partial charge in [-0.3, -0.25) is 0 Å². The van der Waals surface area contributed by atoms with E-state index >= 15 is 0 Å². The molecule has 0 aromatic heterocycles. The number of nitrogens with zero attached hydrogens (tertiary/aromatic N) is 1. The Morgan fingerprint density at radius 1 is 1.44 bits per heavy atom. The Balaban J connectivity index is 2.04. The number of hydrogen-bond donors (Lipinski definition) is 0. The SMILES string of the molecule is CN(CC1CCC1)c1ccc(CCl)c(Br)c1. The molecule has 1 saturated carbocycles. The lowest BCUT2D eigenvalue weighted by Gasteiger charge is -2.31. The van der Waals surface area contributed by atoms with E-state index in [4.69, 9.17) is 11.6 Å². The Morgan fingerprint density at radius 2 is 2.19 bits per heavy atom. The number of anilines is 1. The number of hydrogen-bond acceptors (Lipinski definition) is 1. The second-order valence-electron chi connectivity index (χ2n) is 4.59. The Hall–Kier alpha value is -0.210. The van der Waals surface area contributed by atoms with Gasteiger partial charge < -0.3 is 4.90 Å². The first-order chi connectivity index (χ1) is 7.70. The lowest BCUT2D eigenvalue weighted by atomic mass is 9.85. The molecule has 0 radical (unpaired) electrons. The van der Waals surface area contributed by atoms with Crippen molar-refractivity contribution >= 4 is 33.2 Å². The van der Waals surface area contributed by atoms with Gasteiger partial charge in [0, 0.05) is 29.6 Å². The van der Waals surface area contributed by atoms with E-state index in [-0.39, 0.29) is 0 Å². The Bertz CT molecular complexity index is 363. The predicted octanol–water partition coefficient (Wildman–Crippen LogP) is 4.42. The van der Waals surface area contributed by atoms with Crippen LogP contribution in [0.3, 0.4) is 0 Å². The van der Waals surface area contributed by atoms with Crippen LogP contribution in [0.2, 0.25) is 0 Å².